The fraction of sp³-hybridized carbons (Fsp3) is 0.765. The lowest BCUT2D eigenvalue weighted by atomic mass is 9.91. The van der Waals surface area contributed by atoms with Crippen LogP contribution in [0.1, 0.15) is 70.3 Å². The number of nitrogens with one attached hydrogen (secondary N) is 2. The van der Waals surface area contributed by atoms with Crippen molar-refractivity contribution in [2.75, 3.05) is 17.0 Å². The Kier molecular flexibility index (Phi) is 4.98. The van der Waals surface area contributed by atoms with Crippen LogP contribution in [0.25, 0.3) is 0 Å². The summed E-state index contributed by atoms with van der Waals surface area (Å²) in [4.78, 5) is 8.83. The highest BCUT2D eigenvalue weighted by atomic mass is 19.4. The predicted octanol–water partition coefficient (Wildman–Crippen LogP) is 4.67. The van der Waals surface area contributed by atoms with Crippen molar-refractivity contribution in [2.24, 2.45) is 0 Å². The molecule has 0 radical (unpaired) electrons. The molecule has 5 nitrogen and oxygen atoms in total. The van der Waals surface area contributed by atoms with Crippen LogP contribution in [0, 0.1) is 0 Å². The smallest absolute Gasteiger partial charge is 0.299 e. The Morgan fingerprint density at radius 2 is 1.85 bits per heavy atom. The first-order valence-electron chi connectivity index (χ1n) is 9.02. The van der Waals surface area contributed by atoms with Crippen LogP contribution in [-0.2, 0) is 5.41 Å². The van der Waals surface area contributed by atoms with E-state index in [9.17, 15) is 22.0 Å². The third kappa shape index (κ3) is 4.59. The minimum absolute atomic E-state index is 0.0508. The number of aromatic nitrogens is 2. The number of alkyl halides is 5. The fourth-order valence-corrected chi connectivity index (χ4v) is 3.45. The lowest BCUT2D eigenvalue weighted by Crippen LogP contribution is -2.43. The van der Waals surface area contributed by atoms with E-state index >= 15 is 0 Å². The van der Waals surface area contributed by atoms with Gasteiger partial charge in [0, 0.05) is 24.2 Å². The Bertz CT molecular complexity index is 698. The summed E-state index contributed by atoms with van der Waals surface area (Å²) in [5.41, 5.74) is 5.20. The lowest BCUT2D eigenvalue weighted by Gasteiger charge is -2.25. The molecule has 1 aliphatic heterocycles. The number of hydrogen-bond donors (Lipinski definition) is 2. The van der Waals surface area contributed by atoms with Crippen molar-refractivity contribution in [3.63, 3.8) is 0 Å². The molecule has 1 aromatic rings. The molecule has 0 amide bonds. The maximum absolute atomic E-state index is 14.1. The predicted molar refractivity (Wildman–Crippen MR) is 91.7 cm³/mol. The molecule has 27 heavy (non-hydrogen) atoms. The van der Waals surface area contributed by atoms with Gasteiger partial charge >= 0.3 is 6.18 Å². The second kappa shape index (κ2) is 6.72. The second-order valence-corrected chi connectivity index (χ2v) is 8.32. The largest absolute Gasteiger partial charge is 0.407 e. The molecule has 0 saturated heterocycles. The van der Waals surface area contributed by atoms with E-state index in [1.807, 2.05) is 20.8 Å². The highest BCUT2D eigenvalue weighted by molar-refractivity contribution is 5.72. The van der Waals surface area contributed by atoms with Crippen LogP contribution in [0.2, 0.25) is 0 Å². The first-order chi connectivity index (χ1) is 12.4. The van der Waals surface area contributed by atoms with E-state index in [1.54, 1.807) is 0 Å². The minimum Gasteiger partial charge on any atom is -0.299 e. The van der Waals surface area contributed by atoms with Crippen molar-refractivity contribution in [1.82, 2.24) is 15.5 Å². The first-order valence-corrected chi connectivity index (χ1v) is 9.02. The summed E-state index contributed by atoms with van der Waals surface area (Å²) in [5, 5.41) is 0.852. The summed E-state index contributed by atoms with van der Waals surface area (Å²) >= 11 is 0. The lowest BCUT2D eigenvalue weighted by molar-refractivity contribution is -0.120. The van der Waals surface area contributed by atoms with Crippen LogP contribution in [0.4, 0.5) is 33.5 Å². The fourth-order valence-electron chi connectivity index (χ4n) is 3.45. The maximum atomic E-state index is 14.1. The SMILES string of the molecule is CC(C)(C)c1nc(C2CCCCC(F)(F)C2)c2c(n1)N(CC(F)(F)F)NN2. The molecule has 3 rings (SSSR count). The number of hydrogen-bond acceptors (Lipinski definition) is 5. The molecular formula is C17H24F5N5. The Morgan fingerprint density at radius 1 is 1.15 bits per heavy atom. The van der Waals surface area contributed by atoms with E-state index in [0.717, 1.165) is 5.01 Å². The van der Waals surface area contributed by atoms with E-state index < -0.39 is 30.0 Å². The van der Waals surface area contributed by atoms with Gasteiger partial charge in [-0.3, -0.25) is 10.4 Å². The Hall–Kier alpha value is -1.71. The van der Waals surface area contributed by atoms with Crippen LogP contribution in [0.5, 0.6) is 0 Å². The summed E-state index contributed by atoms with van der Waals surface area (Å²) in [5.74, 6) is -2.96. The van der Waals surface area contributed by atoms with Gasteiger partial charge in [-0.1, -0.05) is 27.2 Å². The molecule has 0 bridgehead atoms. The van der Waals surface area contributed by atoms with E-state index in [-0.39, 0.29) is 24.3 Å². The van der Waals surface area contributed by atoms with E-state index in [0.29, 0.717) is 30.8 Å². The van der Waals surface area contributed by atoms with Crippen LogP contribution in [0.3, 0.4) is 0 Å². The molecule has 10 heteroatoms. The molecule has 1 aliphatic carbocycles. The van der Waals surface area contributed by atoms with Crippen molar-refractivity contribution in [2.45, 2.75) is 76.3 Å². The maximum Gasteiger partial charge on any atom is 0.407 e. The van der Waals surface area contributed by atoms with Crippen LogP contribution >= 0.6 is 0 Å². The van der Waals surface area contributed by atoms with Gasteiger partial charge in [0.1, 0.15) is 18.1 Å². The molecule has 0 spiro atoms. The van der Waals surface area contributed by atoms with Crippen LogP contribution in [0.15, 0.2) is 0 Å². The molecule has 1 atom stereocenters. The molecule has 1 unspecified atom stereocenters. The molecule has 1 fully saturated rings. The standard InChI is InChI=1S/C17H24F5N5/c1-15(2,3)14-23-11(10-6-4-5-7-16(18,19)8-10)12-13(24-14)27(26-25-12)9-17(20,21)22/h10,25-26H,4-9H2,1-3H3. The Morgan fingerprint density at radius 3 is 2.48 bits per heavy atom. The normalized spacial score (nSPS) is 23.0. The molecule has 2 aliphatic rings. The van der Waals surface area contributed by atoms with Gasteiger partial charge in [-0.05, 0) is 12.8 Å². The van der Waals surface area contributed by atoms with E-state index in [2.05, 4.69) is 20.9 Å². The van der Waals surface area contributed by atoms with Gasteiger partial charge in [-0.25, -0.2) is 18.7 Å². The van der Waals surface area contributed by atoms with Gasteiger partial charge in [0.15, 0.2) is 5.82 Å². The number of fused-ring (bicyclic) bond motifs is 1. The number of rotatable bonds is 2. The highest BCUT2D eigenvalue weighted by Crippen LogP contribution is 2.45. The van der Waals surface area contributed by atoms with Gasteiger partial charge in [0.05, 0.1) is 5.69 Å². The number of nitrogens with zero attached hydrogens (tertiary/aromatic N) is 3. The van der Waals surface area contributed by atoms with Crippen LogP contribution < -0.4 is 16.0 Å². The molecule has 1 aromatic heterocycles. The van der Waals surface area contributed by atoms with Crippen LogP contribution in [-0.4, -0.2) is 28.6 Å². The number of halogens is 5. The Labute approximate surface area is 154 Å². The van der Waals surface area contributed by atoms with Gasteiger partial charge in [0.25, 0.3) is 0 Å². The molecule has 1 saturated carbocycles. The highest BCUT2D eigenvalue weighted by Gasteiger charge is 2.41. The van der Waals surface area contributed by atoms with Crippen molar-refractivity contribution in [3.8, 4) is 0 Å². The summed E-state index contributed by atoms with van der Waals surface area (Å²) in [6, 6.07) is 0. The first kappa shape index (κ1) is 20.0. The topological polar surface area (TPSA) is 53.1 Å². The zero-order valence-corrected chi connectivity index (χ0v) is 15.6. The third-order valence-electron chi connectivity index (χ3n) is 4.77. The molecule has 2 N–H and O–H groups in total. The summed E-state index contributed by atoms with van der Waals surface area (Å²) in [6.45, 7) is 4.26. The van der Waals surface area contributed by atoms with Gasteiger partial charge in [-0.2, -0.15) is 13.2 Å². The van der Waals surface area contributed by atoms with Crippen molar-refractivity contribution in [1.29, 1.82) is 0 Å². The van der Waals surface area contributed by atoms with Gasteiger partial charge in [-0.15, -0.1) is 5.53 Å². The summed E-state index contributed by atoms with van der Waals surface area (Å²) in [7, 11) is 0. The minimum atomic E-state index is -4.45. The van der Waals surface area contributed by atoms with E-state index in [4.69, 9.17) is 0 Å². The molecule has 0 aromatic carbocycles. The number of hydrazine groups is 2. The average Bonchev–Trinajstić information content (AvgIpc) is 2.79. The van der Waals surface area contributed by atoms with Gasteiger partial charge in [0.2, 0.25) is 5.92 Å². The summed E-state index contributed by atoms with van der Waals surface area (Å²) < 4.78 is 67.0. The monoisotopic (exact) mass is 393 g/mol. The quantitative estimate of drug-likeness (QED) is 0.565. The number of anilines is 2. The van der Waals surface area contributed by atoms with Gasteiger partial charge < -0.3 is 0 Å². The summed E-state index contributed by atoms with van der Waals surface area (Å²) in [6.07, 6.45) is -3.41. The molecular weight excluding hydrogens is 369 g/mol. The second-order valence-electron chi connectivity index (χ2n) is 8.32. The van der Waals surface area contributed by atoms with Crippen molar-refractivity contribution >= 4 is 11.5 Å². The molecule has 2 heterocycles. The van der Waals surface area contributed by atoms with Crippen molar-refractivity contribution in [3.05, 3.63) is 11.5 Å². The zero-order chi connectivity index (χ0) is 20.0. The zero-order valence-electron chi connectivity index (χ0n) is 15.6. The molecule has 152 valence electrons. The third-order valence-corrected chi connectivity index (χ3v) is 4.77. The average molecular weight is 393 g/mol. The Balaban J connectivity index is 2.06. The van der Waals surface area contributed by atoms with Crippen molar-refractivity contribution < 1.29 is 22.0 Å². The van der Waals surface area contributed by atoms with E-state index in [1.165, 1.54) is 0 Å².